The highest BCUT2D eigenvalue weighted by Crippen LogP contribution is 2.46. The average molecular weight is 186 g/mol. The lowest BCUT2D eigenvalue weighted by Crippen LogP contribution is -2.40. The van der Waals surface area contributed by atoms with Gasteiger partial charge >= 0.3 is 5.97 Å². The molecule has 3 unspecified atom stereocenters. The lowest BCUT2D eigenvalue weighted by molar-refractivity contribution is -0.154. The van der Waals surface area contributed by atoms with Gasteiger partial charge in [-0.1, -0.05) is 0 Å². The number of hydrogen-bond donors (Lipinski definition) is 2. The van der Waals surface area contributed by atoms with E-state index >= 15 is 0 Å². The summed E-state index contributed by atoms with van der Waals surface area (Å²) in [4.78, 5) is 10.7. The predicted octanol–water partition coefficient (Wildman–Crippen LogP) is -0.320. The van der Waals surface area contributed by atoms with Crippen LogP contribution >= 0.6 is 0 Å². The number of aliphatic hydroxyl groups excluding tert-OH is 2. The summed E-state index contributed by atoms with van der Waals surface area (Å²) >= 11 is 0. The van der Waals surface area contributed by atoms with Crippen LogP contribution in [0.25, 0.3) is 0 Å². The Labute approximate surface area is 76.5 Å². The zero-order valence-corrected chi connectivity index (χ0v) is 7.51. The van der Waals surface area contributed by atoms with E-state index in [1.54, 1.807) is 0 Å². The molecule has 0 spiro atoms. The van der Waals surface area contributed by atoms with Crippen LogP contribution in [0.5, 0.6) is 0 Å². The second-order valence-corrected chi connectivity index (χ2v) is 4.02. The van der Waals surface area contributed by atoms with Crippen LogP contribution in [0, 0.1) is 11.8 Å². The van der Waals surface area contributed by atoms with Gasteiger partial charge in [-0.3, -0.25) is 4.79 Å². The number of hydrogen-bond acceptors (Lipinski definition) is 4. The zero-order chi connectivity index (χ0) is 9.59. The smallest absolute Gasteiger partial charge is 0.302 e. The Morgan fingerprint density at radius 1 is 1.31 bits per heavy atom. The summed E-state index contributed by atoms with van der Waals surface area (Å²) in [5.41, 5.74) is 0. The molecule has 0 aromatic rings. The number of aliphatic hydroxyl groups is 2. The van der Waals surface area contributed by atoms with Crippen molar-refractivity contribution in [2.45, 2.75) is 38.1 Å². The van der Waals surface area contributed by atoms with Gasteiger partial charge in [0, 0.05) is 12.8 Å². The van der Waals surface area contributed by atoms with Crippen LogP contribution < -0.4 is 0 Å². The van der Waals surface area contributed by atoms with Crippen molar-refractivity contribution in [2.75, 3.05) is 0 Å². The minimum Gasteiger partial charge on any atom is -0.462 e. The van der Waals surface area contributed by atoms with E-state index in [-0.39, 0.29) is 23.9 Å². The van der Waals surface area contributed by atoms with Gasteiger partial charge in [0.15, 0.2) is 0 Å². The third-order valence-corrected chi connectivity index (χ3v) is 3.18. The van der Waals surface area contributed by atoms with Crippen LogP contribution in [-0.4, -0.2) is 34.5 Å². The highest BCUT2D eigenvalue weighted by molar-refractivity contribution is 5.66. The third kappa shape index (κ3) is 1.34. The Morgan fingerprint density at radius 2 is 2.00 bits per heavy atom. The fraction of sp³-hybridized carbons (Fsp3) is 0.889. The standard InChI is InChI=1S/C9H14O4/c1-4(10)13-7-3-5-2-6(7)9(12)8(5)11/h5-9,11-12H,2-3H2,1H3/t5-,6+,7?,8?,9?/m1/s1. The Kier molecular flexibility index (Phi) is 2.04. The van der Waals surface area contributed by atoms with Gasteiger partial charge in [-0.05, 0) is 18.8 Å². The monoisotopic (exact) mass is 186 g/mol. The molecular formula is C9H14O4. The molecule has 0 aliphatic heterocycles. The molecule has 2 N–H and O–H groups in total. The summed E-state index contributed by atoms with van der Waals surface area (Å²) in [7, 11) is 0. The maximum Gasteiger partial charge on any atom is 0.302 e. The maximum atomic E-state index is 10.7. The molecule has 2 aliphatic rings. The summed E-state index contributed by atoms with van der Waals surface area (Å²) < 4.78 is 5.05. The minimum atomic E-state index is -0.705. The molecule has 4 nitrogen and oxygen atoms in total. The molecule has 0 amide bonds. The lowest BCUT2D eigenvalue weighted by atomic mass is 9.92. The SMILES string of the molecule is CC(=O)OC1C[C@H]2C[C@@H]1C(O)C2O. The Balaban J connectivity index is 2.02. The topological polar surface area (TPSA) is 66.8 Å². The molecule has 0 heterocycles. The van der Waals surface area contributed by atoms with Gasteiger partial charge in [0.1, 0.15) is 6.10 Å². The van der Waals surface area contributed by atoms with E-state index in [0.29, 0.717) is 6.42 Å². The normalized spacial score (nSPS) is 48.1. The van der Waals surface area contributed by atoms with E-state index in [2.05, 4.69) is 0 Å². The number of carbonyl (C=O) groups is 1. The van der Waals surface area contributed by atoms with Crippen molar-refractivity contribution in [2.24, 2.45) is 11.8 Å². The highest BCUT2D eigenvalue weighted by Gasteiger charge is 2.53. The van der Waals surface area contributed by atoms with Gasteiger partial charge < -0.3 is 14.9 Å². The number of esters is 1. The van der Waals surface area contributed by atoms with E-state index < -0.39 is 12.2 Å². The van der Waals surface area contributed by atoms with Crippen LogP contribution in [0.4, 0.5) is 0 Å². The number of ether oxygens (including phenoxy) is 1. The van der Waals surface area contributed by atoms with Crippen LogP contribution in [0.2, 0.25) is 0 Å². The van der Waals surface area contributed by atoms with E-state index in [1.165, 1.54) is 6.92 Å². The van der Waals surface area contributed by atoms with Crippen molar-refractivity contribution in [3.8, 4) is 0 Å². The molecule has 2 aliphatic carbocycles. The van der Waals surface area contributed by atoms with Crippen LogP contribution in [0.1, 0.15) is 19.8 Å². The number of carbonyl (C=O) groups excluding carboxylic acids is 1. The van der Waals surface area contributed by atoms with Crippen molar-refractivity contribution in [3.05, 3.63) is 0 Å². The largest absolute Gasteiger partial charge is 0.462 e. The molecule has 13 heavy (non-hydrogen) atoms. The van der Waals surface area contributed by atoms with Gasteiger partial charge in [0.2, 0.25) is 0 Å². The summed E-state index contributed by atoms with van der Waals surface area (Å²) in [6.45, 7) is 1.37. The number of fused-ring (bicyclic) bond motifs is 2. The fourth-order valence-electron chi connectivity index (χ4n) is 2.59. The Bertz CT molecular complexity index is 226. The van der Waals surface area contributed by atoms with Gasteiger partial charge in [-0.15, -0.1) is 0 Å². The molecule has 0 radical (unpaired) electrons. The van der Waals surface area contributed by atoms with Crippen LogP contribution in [0.3, 0.4) is 0 Å². The molecule has 0 aromatic carbocycles. The number of rotatable bonds is 1. The van der Waals surface area contributed by atoms with E-state index in [0.717, 1.165) is 6.42 Å². The van der Waals surface area contributed by atoms with Gasteiger partial charge in [0.05, 0.1) is 12.2 Å². The zero-order valence-electron chi connectivity index (χ0n) is 7.51. The van der Waals surface area contributed by atoms with Crippen molar-refractivity contribution < 1.29 is 19.7 Å². The average Bonchev–Trinajstić information content (AvgIpc) is 2.53. The third-order valence-electron chi connectivity index (χ3n) is 3.18. The van der Waals surface area contributed by atoms with Crippen LogP contribution in [0.15, 0.2) is 0 Å². The minimum absolute atomic E-state index is 0.0519. The first-order valence-corrected chi connectivity index (χ1v) is 4.63. The van der Waals surface area contributed by atoms with Crippen LogP contribution in [-0.2, 0) is 9.53 Å². The molecule has 2 rings (SSSR count). The lowest BCUT2D eigenvalue weighted by Gasteiger charge is -2.28. The summed E-state index contributed by atoms with van der Waals surface area (Å²) in [6, 6.07) is 0. The maximum absolute atomic E-state index is 10.7. The highest BCUT2D eigenvalue weighted by atomic mass is 16.5. The molecule has 2 saturated carbocycles. The second kappa shape index (κ2) is 2.96. The molecular weight excluding hydrogens is 172 g/mol. The first kappa shape index (κ1) is 8.97. The first-order valence-electron chi connectivity index (χ1n) is 4.63. The van der Waals surface area contributed by atoms with Gasteiger partial charge in [0.25, 0.3) is 0 Å². The van der Waals surface area contributed by atoms with E-state index in [9.17, 15) is 15.0 Å². The quantitative estimate of drug-likeness (QED) is 0.551. The first-order chi connectivity index (χ1) is 6.09. The van der Waals surface area contributed by atoms with E-state index in [1.807, 2.05) is 0 Å². The predicted molar refractivity (Wildman–Crippen MR) is 43.8 cm³/mol. The van der Waals surface area contributed by atoms with Crippen molar-refractivity contribution in [1.29, 1.82) is 0 Å². The van der Waals surface area contributed by atoms with E-state index in [4.69, 9.17) is 4.74 Å². The molecule has 0 saturated heterocycles. The van der Waals surface area contributed by atoms with Crippen molar-refractivity contribution in [1.82, 2.24) is 0 Å². The molecule has 74 valence electrons. The van der Waals surface area contributed by atoms with Crippen molar-refractivity contribution in [3.63, 3.8) is 0 Å². The van der Waals surface area contributed by atoms with Gasteiger partial charge in [-0.25, -0.2) is 0 Å². The van der Waals surface area contributed by atoms with Gasteiger partial charge in [-0.2, -0.15) is 0 Å². The van der Waals surface area contributed by atoms with Crippen molar-refractivity contribution >= 4 is 5.97 Å². The molecule has 2 fully saturated rings. The summed E-state index contributed by atoms with van der Waals surface area (Å²) in [6.07, 6.45) is -0.0243. The molecule has 0 aromatic heterocycles. The second-order valence-electron chi connectivity index (χ2n) is 4.02. The molecule has 5 atom stereocenters. The summed E-state index contributed by atoms with van der Waals surface area (Å²) in [5, 5.41) is 19.0. The summed E-state index contributed by atoms with van der Waals surface area (Å²) in [5.74, 6) is -0.243. The Morgan fingerprint density at radius 3 is 2.46 bits per heavy atom. The Hall–Kier alpha value is -0.610. The molecule has 4 heteroatoms. The molecule has 2 bridgehead atoms. The fourth-order valence-corrected chi connectivity index (χ4v) is 2.59.